The number of aliphatic hydroxyl groups excluding tert-OH is 1. The SMILES string of the molecule is CCCC(O)CSC(C)(C)C. The van der Waals surface area contributed by atoms with E-state index in [-0.39, 0.29) is 10.9 Å². The van der Waals surface area contributed by atoms with Gasteiger partial charge in [-0.05, 0) is 6.42 Å². The lowest BCUT2D eigenvalue weighted by Crippen LogP contribution is -2.16. The fourth-order valence-corrected chi connectivity index (χ4v) is 1.62. The molecule has 1 unspecified atom stereocenters. The van der Waals surface area contributed by atoms with E-state index < -0.39 is 0 Å². The second-order valence-corrected chi connectivity index (χ2v) is 5.71. The minimum absolute atomic E-state index is 0.107. The molecular formula is C9H20OS. The van der Waals surface area contributed by atoms with E-state index in [2.05, 4.69) is 27.7 Å². The summed E-state index contributed by atoms with van der Waals surface area (Å²) in [5.41, 5.74) is 0. The van der Waals surface area contributed by atoms with Gasteiger partial charge in [0.15, 0.2) is 0 Å². The van der Waals surface area contributed by atoms with Crippen LogP contribution in [-0.4, -0.2) is 21.7 Å². The van der Waals surface area contributed by atoms with Gasteiger partial charge in [0.25, 0.3) is 0 Å². The number of hydrogen-bond donors (Lipinski definition) is 1. The molecule has 0 saturated carbocycles. The van der Waals surface area contributed by atoms with E-state index >= 15 is 0 Å². The zero-order chi connectivity index (χ0) is 8.91. The van der Waals surface area contributed by atoms with E-state index in [1.54, 1.807) is 0 Å². The molecule has 1 nitrogen and oxygen atoms in total. The molecule has 0 aromatic carbocycles. The maximum Gasteiger partial charge on any atom is 0.0630 e. The smallest absolute Gasteiger partial charge is 0.0630 e. The van der Waals surface area contributed by atoms with Gasteiger partial charge in [0, 0.05) is 10.5 Å². The number of hydrogen-bond acceptors (Lipinski definition) is 2. The Labute approximate surface area is 74.6 Å². The molecule has 0 aliphatic rings. The average molecular weight is 176 g/mol. The summed E-state index contributed by atoms with van der Waals surface area (Å²) in [4.78, 5) is 0. The summed E-state index contributed by atoms with van der Waals surface area (Å²) in [6.07, 6.45) is 1.90. The molecule has 0 heterocycles. The number of aliphatic hydroxyl groups is 1. The number of thioether (sulfide) groups is 1. The lowest BCUT2D eigenvalue weighted by atomic mass is 10.2. The van der Waals surface area contributed by atoms with Crippen molar-refractivity contribution in [1.29, 1.82) is 0 Å². The molecule has 0 aliphatic heterocycles. The Hall–Kier alpha value is 0.310. The second-order valence-electron chi connectivity index (χ2n) is 3.87. The van der Waals surface area contributed by atoms with E-state index in [4.69, 9.17) is 0 Å². The molecule has 0 radical (unpaired) electrons. The van der Waals surface area contributed by atoms with Crippen LogP contribution in [0.4, 0.5) is 0 Å². The molecule has 0 bridgehead atoms. The van der Waals surface area contributed by atoms with Crippen LogP contribution in [0.25, 0.3) is 0 Å². The molecule has 0 fully saturated rings. The highest BCUT2D eigenvalue weighted by Gasteiger charge is 2.12. The zero-order valence-electron chi connectivity index (χ0n) is 8.05. The lowest BCUT2D eigenvalue weighted by Gasteiger charge is -2.19. The Kier molecular flexibility index (Phi) is 5.19. The third kappa shape index (κ3) is 8.21. The van der Waals surface area contributed by atoms with Gasteiger partial charge in [-0.25, -0.2) is 0 Å². The highest BCUT2D eigenvalue weighted by molar-refractivity contribution is 8.00. The fourth-order valence-electron chi connectivity index (χ4n) is 0.763. The Balaban J connectivity index is 3.38. The predicted octanol–water partition coefficient (Wildman–Crippen LogP) is 2.68. The van der Waals surface area contributed by atoms with Crippen LogP contribution in [0, 0.1) is 0 Å². The summed E-state index contributed by atoms with van der Waals surface area (Å²) in [6, 6.07) is 0. The monoisotopic (exact) mass is 176 g/mol. The van der Waals surface area contributed by atoms with Crippen molar-refractivity contribution in [3.05, 3.63) is 0 Å². The van der Waals surface area contributed by atoms with Crippen LogP contribution in [0.5, 0.6) is 0 Å². The summed E-state index contributed by atoms with van der Waals surface area (Å²) in [7, 11) is 0. The van der Waals surface area contributed by atoms with E-state index in [1.165, 1.54) is 0 Å². The number of rotatable bonds is 4. The maximum absolute atomic E-state index is 9.39. The summed E-state index contributed by atoms with van der Waals surface area (Å²) < 4.78 is 0.286. The molecule has 1 N–H and O–H groups in total. The summed E-state index contributed by atoms with van der Waals surface area (Å²) in [5, 5.41) is 9.39. The first kappa shape index (κ1) is 11.3. The third-order valence-electron chi connectivity index (χ3n) is 1.33. The first-order chi connectivity index (χ1) is 4.95. The standard InChI is InChI=1S/C9H20OS/c1-5-6-8(10)7-11-9(2,3)4/h8,10H,5-7H2,1-4H3. The molecule has 0 aliphatic carbocycles. The first-order valence-corrected chi connectivity index (χ1v) is 5.26. The molecule has 68 valence electrons. The van der Waals surface area contributed by atoms with Crippen molar-refractivity contribution < 1.29 is 5.11 Å². The molecule has 1 atom stereocenters. The van der Waals surface area contributed by atoms with Crippen LogP contribution in [0.1, 0.15) is 40.5 Å². The minimum Gasteiger partial charge on any atom is -0.392 e. The van der Waals surface area contributed by atoms with E-state index in [9.17, 15) is 5.11 Å². The largest absolute Gasteiger partial charge is 0.392 e. The van der Waals surface area contributed by atoms with Crippen LogP contribution in [-0.2, 0) is 0 Å². The van der Waals surface area contributed by atoms with Crippen molar-refractivity contribution in [2.45, 2.75) is 51.4 Å². The highest BCUT2D eigenvalue weighted by atomic mass is 32.2. The molecule has 0 amide bonds. The lowest BCUT2D eigenvalue weighted by molar-refractivity contribution is 0.188. The molecule has 0 saturated heterocycles. The molecule has 0 aromatic heterocycles. The van der Waals surface area contributed by atoms with Crippen LogP contribution in [0.2, 0.25) is 0 Å². The van der Waals surface area contributed by atoms with Crippen molar-refractivity contribution in [2.75, 3.05) is 5.75 Å². The van der Waals surface area contributed by atoms with Crippen molar-refractivity contribution >= 4 is 11.8 Å². The maximum atomic E-state index is 9.39. The predicted molar refractivity (Wildman–Crippen MR) is 53.1 cm³/mol. The summed E-state index contributed by atoms with van der Waals surface area (Å²) in [5.74, 6) is 0.872. The van der Waals surface area contributed by atoms with Crippen molar-refractivity contribution in [1.82, 2.24) is 0 Å². The van der Waals surface area contributed by atoms with Crippen molar-refractivity contribution in [2.24, 2.45) is 0 Å². The molecular weight excluding hydrogens is 156 g/mol. The molecule has 2 heteroatoms. The van der Waals surface area contributed by atoms with Crippen LogP contribution in [0.15, 0.2) is 0 Å². The second kappa shape index (κ2) is 5.04. The highest BCUT2D eigenvalue weighted by Crippen LogP contribution is 2.24. The normalized spacial score (nSPS) is 15.0. The van der Waals surface area contributed by atoms with Gasteiger partial charge in [-0.2, -0.15) is 11.8 Å². The van der Waals surface area contributed by atoms with Crippen molar-refractivity contribution in [3.8, 4) is 0 Å². The van der Waals surface area contributed by atoms with Crippen LogP contribution < -0.4 is 0 Å². The fraction of sp³-hybridized carbons (Fsp3) is 1.00. The average Bonchev–Trinajstić information content (AvgIpc) is 1.83. The van der Waals surface area contributed by atoms with E-state index in [1.807, 2.05) is 11.8 Å². The summed E-state index contributed by atoms with van der Waals surface area (Å²) in [6.45, 7) is 8.63. The Bertz CT molecular complexity index is 96.2. The van der Waals surface area contributed by atoms with Gasteiger partial charge in [0.05, 0.1) is 6.10 Å². The first-order valence-electron chi connectivity index (χ1n) is 4.27. The molecule has 0 spiro atoms. The summed E-state index contributed by atoms with van der Waals surface area (Å²) >= 11 is 1.83. The van der Waals surface area contributed by atoms with Gasteiger partial charge in [-0.3, -0.25) is 0 Å². The van der Waals surface area contributed by atoms with E-state index in [0.29, 0.717) is 0 Å². The van der Waals surface area contributed by atoms with Gasteiger partial charge < -0.3 is 5.11 Å². The van der Waals surface area contributed by atoms with Gasteiger partial charge >= 0.3 is 0 Å². The molecule has 0 aromatic rings. The van der Waals surface area contributed by atoms with Gasteiger partial charge in [-0.1, -0.05) is 34.1 Å². The topological polar surface area (TPSA) is 20.2 Å². The Morgan fingerprint density at radius 2 is 1.91 bits per heavy atom. The van der Waals surface area contributed by atoms with Crippen LogP contribution >= 0.6 is 11.8 Å². The van der Waals surface area contributed by atoms with E-state index in [0.717, 1.165) is 18.6 Å². The Morgan fingerprint density at radius 1 is 1.36 bits per heavy atom. The molecule has 0 rings (SSSR count). The van der Waals surface area contributed by atoms with Gasteiger partial charge in [0.2, 0.25) is 0 Å². The van der Waals surface area contributed by atoms with Gasteiger partial charge in [-0.15, -0.1) is 0 Å². The van der Waals surface area contributed by atoms with Crippen molar-refractivity contribution in [3.63, 3.8) is 0 Å². The van der Waals surface area contributed by atoms with Gasteiger partial charge in [0.1, 0.15) is 0 Å². The zero-order valence-corrected chi connectivity index (χ0v) is 8.87. The third-order valence-corrected chi connectivity index (χ3v) is 2.75. The van der Waals surface area contributed by atoms with Crippen LogP contribution in [0.3, 0.4) is 0 Å². The minimum atomic E-state index is -0.107. The Morgan fingerprint density at radius 3 is 2.27 bits per heavy atom. The quantitative estimate of drug-likeness (QED) is 0.710. The molecule has 11 heavy (non-hydrogen) atoms.